The summed E-state index contributed by atoms with van der Waals surface area (Å²) in [5.74, 6) is -0.0105. The third kappa shape index (κ3) is 3.32. The second-order valence-electron chi connectivity index (χ2n) is 4.64. The highest BCUT2D eigenvalue weighted by Gasteiger charge is 2.13. The van der Waals surface area contributed by atoms with E-state index in [9.17, 15) is 4.79 Å². The molecule has 1 N–H and O–H groups in total. The Balaban J connectivity index is 0.00000200. The zero-order chi connectivity index (χ0) is 13.8. The van der Waals surface area contributed by atoms with Gasteiger partial charge in [0.05, 0.1) is 12.2 Å². The summed E-state index contributed by atoms with van der Waals surface area (Å²) in [7, 11) is 1.96. The number of aromatic nitrogens is 1. The highest BCUT2D eigenvalue weighted by atomic mass is 35.5. The molecule has 0 aliphatic rings. The maximum absolute atomic E-state index is 12.3. The fourth-order valence-corrected chi connectivity index (χ4v) is 2.25. The van der Waals surface area contributed by atoms with Gasteiger partial charge in [-0.15, -0.1) is 12.4 Å². The summed E-state index contributed by atoms with van der Waals surface area (Å²) in [6.45, 7) is 6.65. The first-order chi connectivity index (χ1) is 9.17. The molecule has 0 atom stereocenters. The zero-order valence-electron chi connectivity index (χ0n) is 12.2. The average molecular weight is 296 g/mol. The maximum Gasteiger partial charge on any atom is 0.254 e. The smallest absolute Gasteiger partial charge is 0.254 e. The predicted octanol–water partition coefficient (Wildman–Crippen LogP) is 2.63. The van der Waals surface area contributed by atoms with Crippen LogP contribution in [0.5, 0.6) is 0 Å². The van der Waals surface area contributed by atoms with Gasteiger partial charge in [0.1, 0.15) is 0 Å². The molecule has 0 unspecified atom stereocenters. The van der Waals surface area contributed by atoms with Crippen molar-refractivity contribution in [3.05, 3.63) is 36.0 Å². The second-order valence-corrected chi connectivity index (χ2v) is 4.64. The van der Waals surface area contributed by atoms with Crippen molar-refractivity contribution in [3.8, 4) is 0 Å². The van der Waals surface area contributed by atoms with Gasteiger partial charge >= 0.3 is 0 Å². The summed E-state index contributed by atoms with van der Waals surface area (Å²) in [5, 5.41) is 3.98. The van der Waals surface area contributed by atoms with Gasteiger partial charge in [-0.25, -0.2) is 0 Å². The van der Waals surface area contributed by atoms with Gasteiger partial charge in [-0.3, -0.25) is 9.69 Å². The Kier molecular flexibility index (Phi) is 6.05. The molecule has 0 radical (unpaired) electrons. The van der Waals surface area contributed by atoms with Crippen molar-refractivity contribution in [1.29, 1.82) is 0 Å². The fourth-order valence-electron chi connectivity index (χ4n) is 2.25. The molecule has 5 heteroatoms. The van der Waals surface area contributed by atoms with Crippen LogP contribution >= 0.6 is 12.4 Å². The number of carbonyl (C=O) groups excluding carboxylic acids is 1. The Morgan fingerprint density at radius 2 is 1.90 bits per heavy atom. The molecule has 1 aromatic carbocycles. The van der Waals surface area contributed by atoms with Crippen molar-refractivity contribution < 1.29 is 4.79 Å². The van der Waals surface area contributed by atoms with E-state index in [-0.39, 0.29) is 18.3 Å². The number of nitrogens with one attached hydrogen (secondary N) is 1. The molecule has 0 spiro atoms. The van der Waals surface area contributed by atoms with Gasteiger partial charge in [-0.2, -0.15) is 0 Å². The molecule has 0 saturated carbocycles. The number of hydrogen-bond donors (Lipinski definition) is 1. The molecule has 0 aliphatic heterocycles. The highest BCUT2D eigenvalue weighted by molar-refractivity contribution is 6.06. The fraction of sp³-hybridized carbons (Fsp3) is 0.400. The maximum atomic E-state index is 12.3. The van der Waals surface area contributed by atoms with E-state index in [0.717, 1.165) is 29.6 Å². The van der Waals surface area contributed by atoms with Crippen LogP contribution < -0.4 is 5.32 Å². The summed E-state index contributed by atoms with van der Waals surface area (Å²) < 4.78 is 1.99. The number of aryl methyl sites for hydroxylation is 1. The first kappa shape index (κ1) is 16.5. The van der Waals surface area contributed by atoms with E-state index in [4.69, 9.17) is 0 Å². The summed E-state index contributed by atoms with van der Waals surface area (Å²) in [4.78, 5) is 14.4. The Morgan fingerprint density at radius 1 is 1.25 bits per heavy atom. The van der Waals surface area contributed by atoms with Crippen LogP contribution in [0.3, 0.4) is 0 Å². The van der Waals surface area contributed by atoms with Crippen molar-refractivity contribution in [2.75, 3.05) is 19.8 Å². The Morgan fingerprint density at radius 3 is 2.55 bits per heavy atom. The van der Waals surface area contributed by atoms with Crippen LogP contribution in [0.15, 0.2) is 30.5 Å². The van der Waals surface area contributed by atoms with Crippen LogP contribution in [0, 0.1) is 0 Å². The molecule has 0 fully saturated rings. The molecule has 4 nitrogen and oxygen atoms in total. The zero-order valence-corrected chi connectivity index (χ0v) is 13.0. The van der Waals surface area contributed by atoms with Crippen molar-refractivity contribution >= 4 is 29.2 Å². The third-order valence-corrected chi connectivity index (χ3v) is 3.50. The van der Waals surface area contributed by atoms with Crippen molar-refractivity contribution in [2.24, 2.45) is 7.05 Å². The van der Waals surface area contributed by atoms with Gasteiger partial charge in [-0.1, -0.05) is 32.0 Å². The van der Waals surface area contributed by atoms with E-state index in [1.165, 1.54) is 0 Å². The Hall–Kier alpha value is -1.52. The highest BCUT2D eigenvalue weighted by Crippen LogP contribution is 2.19. The van der Waals surface area contributed by atoms with Crippen molar-refractivity contribution in [3.63, 3.8) is 0 Å². The Bertz CT molecular complexity index is 576. The van der Waals surface area contributed by atoms with Gasteiger partial charge in [0.2, 0.25) is 0 Å². The minimum atomic E-state index is -0.0105. The number of para-hydroxylation sites is 1. The molecule has 110 valence electrons. The molecule has 1 heterocycles. The molecule has 0 bridgehead atoms. The van der Waals surface area contributed by atoms with E-state index in [1.807, 2.05) is 42.1 Å². The van der Waals surface area contributed by atoms with Crippen LogP contribution in [-0.2, 0) is 7.05 Å². The molecular formula is C15H22ClN3O. The molecule has 1 amide bonds. The van der Waals surface area contributed by atoms with Gasteiger partial charge in [0.15, 0.2) is 0 Å². The number of amides is 1. The van der Waals surface area contributed by atoms with Crippen molar-refractivity contribution in [1.82, 2.24) is 14.8 Å². The first-order valence-corrected chi connectivity index (χ1v) is 6.72. The number of halogens is 1. The number of nitrogens with zero attached hydrogens (tertiary/aromatic N) is 2. The van der Waals surface area contributed by atoms with Crippen LogP contribution in [0.4, 0.5) is 0 Å². The van der Waals surface area contributed by atoms with E-state index < -0.39 is 0 Å². The average Bonchev–Trinajstić information content (AvgIpc) is 2.78. The largest absolute Gasteiger partial charge is 0.350 e. The summed E-state index contributed by atoms with van der Waals surface area (Å²) in [5.41, 5.74) is 1.82. The van der Waals surface area contributed by atoms with Crippen LogP contribution in [0.1, 0.15) is 24.2 Å². The third-order valence-electron chi connectivity index (χ3n) is 3.50. The van der Waals surface area contributed by atoms with Crippen LogP contribution in [0.25, 0.3) is 10.9 Å². The summed E-state index contributed by atoms with van der Waals surface area (Å²) in [6, 6.07) is 7.96. The van der Waals surface area contributed by atoms with Crippen LogP contribution in [-0.4, -0.2) is 35.1 Å². The standard InChI is InChI=1S/C15H21N3O.ClH/c1-4-18(5-2)11-16-15(19)13-10-17(3)14-9-7-6-8-12(13)14;/h6-10H,4-5,11H2,1-3H3,(H,16,19);1H. The molecule has 20 heavy (non-hydrogen) atoms. The molecule has 2 rings (SSSR count). The molecule has 0 aliphatic carbocycles. The molecule has 2 aromatic rings. The number of carbonyl (C=O) groups is 1. The second kappa shape index (κ2) is 7.31. The first-order valence-electron chi connectivity index (χ1n) is 6.72. The lowest BCUT2D eigenvalue weighted by Crippen LogP contribution is -2.37. The van der Waals surface area contributed by atoms with Gasteiger partial charge in [-0.05, 0) is 19.2 Å². The normalized spacial score (nSPS) is 10.6. The number of rotatable bonds is 5. The summed E-state index contributed by atoms with van der Waals surface area (Å²) >= 11 is 0. The minimum absolute atomic E-state index is 0. The Labute approximate surface area is 126 Å². The lowest BCUT2D eigenvalue weighted by Gasteiger charge is -2.18. The van der Waals surface area contributed by atoms with E-state index >= 15 is 0 Å². The SMILES string of the molecule is CCN(CC)CNC(=O)c1cn(C)c2ccccc12.Cl. The van der Waals surface area contributed by atoms with Gasteiger partial charge in [0.25, 0.3) is 5.91 Å². The van der Waals surface area contributed by atoms with E-state index in [1.54, 1.807) is 0 Å². The minimum Gasteiger partial charge on any atom is -0.350 e. The van der Waals surface area contributed by atoms with Crippen molar-refractivity contribution in [2.45, 2.75) is 13.8 Å². The number of fused-ring (bicyclic) bond motifs is 1. The molecule has 1 aromatic heterocycles. The number of hydrogen-bond acceptors (Lipinski definition) is 2. The topological polar surface area (TPSA) is 37.3 Å². The predicted molar refractivity (Wildman–Crippen MR) is 85.4 cm³/mol. The monoisotopic (exact) mass is 295 g/mol. The molecule has 0 saturated heterocycles. The quantitative estimate of drug-likeness (QED) is 0.861. The van der Waals surface area contributed by atoms with Gasteiger partial charge < -0.3 is 9.88 Å². The van der Waals surface area contributed by atoms with E-state index in [2.05, 4.69) is 24.1 Å². The lowest BCUT2D eigenvalue weighted by atomic mass is 10.1. The van der Waals surface area contributed by atoms with Crippen LogP contribution in [0.2, 0.25) is 0 Å². The van der Waals surface area contributed by atoms with E-state index in [0.29, 0.717) is 6.67 Å². The molecular weight excluding hydrogens is 274 g/mol. The summed E-state index contributed by atoms with van der Waals surface area (Å²) in [6.07, 6.45) is 1.89. The number of benzene rings is 1. The lowest BCUT2D eigenvalue weighted by molar-refractivity contribution is 0.0927. The van der Waals surface area contributed by atoms with Gasteiger partial charge in [0, 0.05) is 24.1 Å².